The van der Waals surface area contributed by atoms with Gasteiger partial charge in [0, 0.05) is 18.7 Å². The lowest BCUT2D eigenvalue weighted by Gasteiger charge is -2.33. The Bertz CT molecular complexity index is 893. The van der Waals surface area contributed by atoms with Gasteiger partial charge < -0.3 is 19.3 Å². The fourth-order valence-electron chi connectivity index (χ4n) is 3.19. The molecule has 6 heteroatoms. The summed E-state index contributed by atoms with van der Waals surface area (Å²) in [5, 5.41) is 13.8. The molecule has 1 aliphatic rings. The number of morpholine rings is 1. The molecule has 4 rings (SSSR count). The number of anilines is 1. The molecule has 3 aromatic rings. The number of hydrogen-bond acceptors (Lipinski definition) is 5. The normalized spacial score (nSPS) is 17.2. The number of rotatable bonds is 4. The van der Waals surface area contributed by atoms with Crippen LogP contribution in [0.3, 0.4) is 0 Å². The van der Waals surface area contributed by atoms with Crippen LogP contribution in [0.15, 0.2) is 65.2 Å². The third kappa shape index (κ3) is 3.07. The molecule has 0 radical (unpaired) electrons. The summed E-state index contributed by atoms with van der Waals surface area (Å²) >= 11 is 0. The number of aromatic carboxylic acids is 1. The predicted octanol–water partition coefficient (Wildman–Crippen LogP) is 3.62. The summed E-state index contributed by atoms with van der Waals surface area (Å²) in [6, 6.07) is 19.0. The lowest BCUT2D eigenvalue weighted by atomic mass is 10.1. The van der Waals surface area contributed by atoms with Crippen LogP contribution in [0.5, 0.6) is 0 Å². The van der Waals surface area contributed by atoms with Crippen molar-refractivity contribution in [3.63, 3.8) is 0 Å². The van der Waals surface area contributed by atoms with E-state index in [0.717, 1.165) is 5.56 Å². The first-order valence-corrected chi connectivity index (χ1v) is 8.44. The Morgan fingerprint density at radius 3 is 2.46 bits per heavy atom. The molecular formula is C20H18N2O4. The minimum Gasteiger partial charge on any atom is -0.477 e. The van der Waals surface area contributed by atoms with Crippen LogP contribution >= 0.6 is 0 Å². The second kappa shape index (κ2) is 7.01. The van der Waals surface area contributed by atoms with Crippen LogP contribution in [0, 0.1) is 0 Å². The second-order valence-corrected chi connectivity index (χ2v) is 6.10. The van der Waals surface area contributed by atoms with Gasteiger partial charge in [0.15, 0.2) is 17.1 Å². The van der Waals surface area contributed by atoms with E-state index in [1.54, 1.807) is 0 Å². The van der Waals surface area contributed by atoms with Gasteiger partial charge in [0.2, 0.25) is 0 Å². The standard InChI is InChI=1S/C20H18N2O4/c23-20(24)17-18(15-9-5-2-6-10-15)26-21-19(17)22-11-12-25-16(13-22)14-7-3-1-4-8-14/h1-10,16H,11-13H2,(H,23,24). The molecule has 2 heterocycles. The summed E-state index contributed by atoms with van der Waals surface area (Å²) in [6.45, 7) is 1.57. The van der Waals surface area contributed by atoms with E-state index < -0.39 is 5.97 Å². The van der Waals surface area contributed by atoms with Gasteiger partial charge in [0.05, 0.1) is 6.61 Å². The number of ether oxygens (including phenoxy) is 1. The van der Waals surface area contributed by atoms with Crippen molar-refractivity contribution < 1.29 is 19.2 Å². The number of carboxylic acid groups (broad SMARTS) is 1. The lowest BCUT2D eigenvalue weighted by Crippen LogP contribution is -2.39. The van der Waals surface area contributed by atoms with Crippen LogP contribution in [0.4, 0.5) is 5.82 Å². The number of nitrogens with zero attached hydrogens (tertiary/aromatic N) is 2. The molecule has 1 unspecified atom stereocenters. The molecule has 1 aromatic heterocycles. The van der Waals surface area contributed by atoms with E-state index in [0.29, 0.717) is 31.1 Å². The van der Waals surface area contributed by atoms with Crippen LogP contribution in [0.25, 0.3) is 11.3 Å². The monoisotopic (exact) mass is 350 g/mol. The highest BCUT2D eigenvalue weighted by Gasteiger charge is 2.31. The van der Waals surface area contributed by atoms with Crippen LogP contribution < -0.4 is 4.90 Å². The van der Waals surface area contributed by atoms with Gasteiger partial charge in [-0.3, -0.25) is 0 Å². The summed E-state index contributed by atoms with van der Waals surface area (Å²) < 4.78 is 11.3. The molecule has 6 nitrogen and oxygen atoms in total. The van der Waals surface area contributed by atoms with E-state index in [4.69, 9.17) is 9.26 Å². The van der Waals surface area contributed by atoms with Gasteiger partial charge in [-0.15, -0.1) is 0 Å². The molecule has 0 saturated carbocycles. The number of hydrogen-bond donors (Lipinski definition) is 1. The number of carboxylic acids is 1. The number of carbonyl (C=O) groups is 1. The summed E-state index contributed by atoms with van der Waals surface area (Å²) in [7, 11) is 0. The topological polar surface area (TPSA) is 75.8 Å². The highest BCUT2D eigenvalue weighted by atomic mass is 16.5. The molecule has 1 atom stereocenters. The van der Waals surface area contributed by atoms with Gasteiger partial charge in [-0.25, -0.2) is 4.79 Å². The van der Waals surface area contributed by atoms with Crippen molar-refractivity contribution in [2.45, 2.75) is 6.10 Å². The first-order valence-electron chi connectivity index (χ1n) is 8.44. The fourth-order valence-corrected chi connectivity index (χ4v) is 3.19. The lowest BCUT2D eigenvalue weighted by molar-refractivity contribution is 0.0391. The average molecular weight is 350 g/mol. The molecule has 0 aliphatic carbocycles. The van der Waals surface area contributed by atoms with Gasteiger partial charge >= 0.3 is 5.97 Å². The summed E-state index contributed by atoms with van der Waals surface area (Å²) in [4.78, 5) is 13.8. The predicted molar refractivity (Wildman–Crippen MR) is 96.2 cm³/mol. The summed E-state index contributed by atoms with van der Waals surface area (Å²) in [5.41, 5.74) is 1.84. The molecule has 0 amide bonds. The zero-order valence-electron chi connectivity index (χ0n) is 14.0. The Labute approximate surface area is 150 Å². The first kappa shape index (κ1) is 16.4. The molecule has 26 heavy (non-hydrogen) atoms. The smallest absolute Gasteiger partial charge is 0.343 e. The molecule has 1 N–H and O–H groups in total. The minimum atomic E-state index is -1.05. The summed E-state index contributed by atoms with van der Waals surface area (Å²) in [6.07, 6.45) is -0.136. The zero-order chi connectivity index (χ0) is 17.9. The van der Waals surface area contributed by atoms with Crippen LogP contribution in [0.1, 0.15) is 22.0 Å². The molecular weight excluding hydrogens is 332 g/mol. The maximum atomic E-state index is 11.9. The van der Waals surface area contributed by atoms with Crippen molar-refractivity contribution >= 4 is 11.8 Å². The van der Waals surface area contributed by atoms with E-state index >= 15 is 0 Å². The Balaban J connectivity index is 1.67. The van der Waals surface area contributed by atoms with Crippen LogP contribution in [0.2, 0.25) is 0 Å². The maximum Gasteiger partial charge on any atom is 0.343 e. The van der Waals surface area contributed by atoms with E-state index in [1.165, 1.54) is 0 Å². The SMILES string of the molecule is O=C(O)c1c(N2CCOC(c3ccccc3)C2)noc1-c1ccccc1. The minimum absolute atomic E-state index is 0.0879. The van der Waals surface area contributed by atoms with Gasteiger partial charge in [0.25, 0.3) is 0 Å². The van der Waals surface area contributed by atoms with Gasteiger partial charge in [0.1, 0.15) is 6.10 Å². The third-order valence-electron chi connectivity index (χ3n) is 4.46. The van der Waals surface area contributed by atoms with Crippen LogP contribution in [-0.2, 0) is 4.74 Å². The third-order valence-corrected chi connectivity index (χ3v) is 4.46. The Morgan fingerprint density at radius 2 is 1.77 bits per heavy atom. The van der Waals surface area contributed by atoms with Crippen LogP contribution in [-0.4, -0.2) is 35.9 Å². The van der Waals surface area contributed by atoms with Crippen molar-refractivity contribution in [3.05, 3.63) is 71.8 Å². The van der Waals surface area contributed by atoms with Gasteiger partial charge in [-0.2, -0.15) is 0 Å². The summed E-state index contributed by atoms with van der Waals surface area (Å²) in [5.74, 6) is -0.431. The largest absolute Gasteiger partial charge is 0.477 e. The van der Waals surface area contributed by atoms with Crippen molar-refractivity contribution in [3.8, 4) is 11.3 Å². The first-order chi connectivity index (χ1) is 12.7. The molecule has 2 aromatic carbocycles. The van der Waals surface area contributed by atoms with E-state index in [-0.39, 0.29) is 17.4 Å². The Kier molecular flexibility index (Phi) is 4.41. The average Bonchev–Trinajstić information content (AvgIpc) is 3.15. The maximum absolute atomic E-state index is 11.9. The number of benzene rings is 2. The molecule has 0 bridgehead atoms. The van der Waals surface area contributed by atoms with Crippen molar-refractivity contribution in [2.75, 3.05) is 24.6 Å². The Morgan fingerprint density at radius 1 is 1.08 bits per heavy atom. The molecule has 0 spiro atoms. The quantitative estimate of drug-likeness (QED) is 0.774. The molecule has 1 saturated heterocycles. The molecule has 1 aliphatic heterocycles. The van der Waals surface area contributed by atoms with Gasteiger partial charge in [-0.05, 0) is 5.56 Å². The molecule has 132 valence electrons. The Hall–Kier alpha value is -3.12. The second-order valence-electron chi connectivity index (χ2n) is 6.10. The van der Waals surface area contributed by atoms with Crippen molar-refractivity contribution in [2.24, 2.45) is 0 Å². The zero-order valence-corrected chi connectivity index (χ0v) is 14.0. The molecule has 1 fully saturated rings. The van der Waals surface area contributed by atoms with Gasteiger partial charge in [-0.1, -0.05) is 65.8 Å². The number of aromatic nitrogens is 1. The highest BCUT2D eigenvalue weighted by molar-refractivity contribution is 5.99. The van der Waals surface area contributed by atoms with Crippen molar-refractivity contribution in [1.29, 1.82) is 0 Å². The fraction of sp³-hybridized carbons (Fsp3) is 0.200. The highest BCUT2D eigenvalue weighted by Crippen LogP contribution is 2.33. The van der Waals surface area contributed by atoms with E-state index in [9.17, 15) is 9.90 Å². The van der Waals surface area contributed by atoms with E-state index in [2.05, 4.69) is 5.16 Å². The van der Waals surface area contributed by atoms with E-state index in [1.807, 2.05) is 65.6 Å². The van der Waals surface area contributed by atoms with Crippen molar-refractivity contribution in [1.82, 2.24) is 5.16 Å².